The Labute approximate surface area is 244 Å². The van der Waals surface area contributed by atoms with Gasteiger partial charge in [-0.15, -0.1) is 0 Å². The minimum absolute atomic E-state index is 0.884. The third-order valence-corrected chi connectivity index (χ3v) is 8.03. The van der Waals surface area contributed by atoms with Crippen molar-refractivity contribution in [2.45, 2.75) is 0 Å². The summed E-state index contributed by atoms with van der Waals surface area (Å²) in [5.74, 6) is 0. The van der Waals surface area contributed by atoms with E-state index < -0.39 is 0 Å². The molecule has 0 aliphatic rings. The number of anilines is 3. The van der Waals surface area contributed by atoms with Crippen molar-refractivity contribution in [1.82, 2.24) is 0 Å². The first-order valence-corrected chi connectivity index (χ1v) is 14.3. The van der Waals surface area contributed by atoms with Gasteiger partial charge in [-0.3, -0.25) is 0 Å². The lowest BCUT2D eigenvalue weighted by molar-refractivity contribution is 0.669. The van der Waals surface area contributed by atoms with Crippen molar-refractivity contribution in [3.8, 4) is 22.3 Å². The predicted octanol–water partition coefficient (Wildman–Crippen LogP) is 11.5. The Kier molecular flexibility index (Phi) is 5.82. The molecule has 42 heavy (non-hydrogen) atoms. The van der Waals surface area contributed by atoms with Crippen LogP contribution in [-0.2, 0) is 0 Å². The Balaban J connectivity index is 1.35. The van der Waals surface area contributed by atoms with Gasteiger partial charge >= 0.3 is 0 Å². The molecule has 7 aromatic carbocycles. The fourth-order valence-electron chi connectivity index (χ4n) is 6.10. The third kappa shape index (κ3) is 4.13. The van der Waals surface area contributed by atoms with Gasteiger partial charge in [0.05, 0.1) is 0 Å². The van der Waals surface area contributed by atoms with E-state index in [2.05, 4.69) is 169 Å². The fraction of sp³-hybridized carbons (Fsp3) is 0. The molecule has 8 aromatic rings. The number of para-hydroxylation sites is 1. The van der Waals surface area contributed by atoms with Gasteiger partial charge < -0.3 is 9.32 Å². The van der Waals surface area contributed by atoms with E-state index in [1.54, 1.807) is 0 Å². The molecule has 0 unspecified atom stereocenters. The monoisotopic (exact) mass is 537 g/mol. The SMILES string of the molecule is c1ccc(-c2cccc(N(c3ccccc3)c3ccc4oc5cc(-c6ccccc6)c6ccccc6c5c4c3)c2)cc1. The molecule has 0 saturated heterocycles. The summed E-state index contributed by atoms with van der Waals surface area (Å²) >= 11 is 0. The molecule has 0 amide bonds. The van der Waals surface area contributed by atoms with Crippen LogP contribution >= 0.6 is 0 Å². The van der Waals surface area contributed by atoms with Crippen molar-refractivity contribution in [3.05, 3.63) is 164 Å². The Morgan fingerprint density at radius 2 is 0.952 bits per heavy atom. The molecule has 0 bridgehead atoms. The highest BCUT2D eigenvalue weighted by Gasteiger charge is 2.18. The maximum absolute atomic E-state index is 6.53. The van der Waals surface area contributed by atoms with Crippen LogP contribution < -0.4 is 4.90 Å². The molecule has 0 aliphatic carbocycles. The first kappa shape index (κ1) is 24.2. The molecule has 0 fully saturated rings. The Morgan fingerprint density at radius 1 is 0.357 bits per heavy atom. The molecule has 2 nitrogen and oxygen atoms in total. The van der Waals surface area contributed by atoms with Crippen LogP contribution in [0.2, 0.25) is 0 Å². The van der Waals surface area contributed by atoms with Gasteiger partial charge in [0, 0.05) is 27.8 Å². The summed E-state index contributed by atoms with van der Waals surface area (Å²) in [5, 5.41) is 4.67. The quantitative estimate of drug-likeness (QED) is 0.217. The van der Waals surface area contributed by atoms with E-state index in [-0.39, 0.29) is 0 Å². The predicted molar refractivity (Wildman–Crippen MR) is 177 cm³/mol. The number of rotatable bonds is 5. The van der Waals surface area contributed by atoms with E-state index in [1.165, 1.54) is 33.0 Å². The second kappa shape index (κ2) is 10.1. The van der Waals surface area contributed by atoms with Crippen molar-refractivity contribution in [2.75, 3.05) is 4.90 Å². The number of fused-ring (bicyclic) bond motifs is 5. The molecule has 1 heterocycles. The first-order valence-electron chi connectivity index (χ1n) is 14.3. The molecule has 1 aromatic heterocycles. The zero-order valence-corrected chi connectivity index (χ0v) is 22.9. The maximum Gasteiger partial charge on any atom is 0.136 e. The Morgan fingerprint density at radius 3 is 1.71 bits per heavy atom. The zero-order valence-electron chi connectivity index (χ0n) is 22.9. The molecule has 2 heteroatoms. The van der Waals surface area contributed by atoms with E-state index in [1.807, 2.05) is 0 Å². The highest BCUT2D eigenvalue weighted by molar-refractivity contribution is 6.22. The van der Waals surface area contributed by atoms with Crippen LogP contribution in [0, 0.1) is 0 Å². The standard InChI is InChI=1S/C40H27NO/c1-4-13-28(14-5-1)30-17-12-20-32(25-30)41(31-18-8-3-9-19-31)33-23-24-38-37(26-33)40-35-22-11-10-21-34(35)36(27-39(40)42-38)29-15-6-2-7-16-29/h1-27H. The summed E-state index contributed by atoms with van der Waals surface area (Å²) in [4.78, 5) is 2.32. The number of hydrogen-bond donors (Lipinski definition) is 0. The van der Waals surface area contributed by atoms with E-state index >= 15 is 0 Å². The van der Waals surface area contributed by atoms with Gasteiger partial charge in [-0.2, -0.15) is 0 Å². The molecule has 0 spiro atoms. The van der Waals surface area contributed by atoms with Crippen LogP contribution in [0.5, 0.6) is 0 Å². The average molecular weight is 538 g/mol. The number of benzene rings is 7. The van der Waals surface area contributed by atoms with Crippen molar-refractivity contribution >= 4 is 49.8 Å². The van der Waals surface area contributed by atoms with Gasteiger partial charge in [0.25, 0.3) is 0 Å². The summed E-state index contributed by atoms with van der Waals surface area (Å²) in [5.41, 5.74) is 9.82. The second-order valence-electron chi connectivity index (χ2n) is 10.6. The lowest BCUT2D eigenvalue weighted by Crippen LogP contribution is -2.09. The van der Waals surface area contributed by atoms with E-state index in [9.17, 15) is 0 Å². The van der Waals surface area contributed by atoms with Gasteiger partial charge in [-0.05, 0) is 81.6 Å². The lowest BCUT2D eigenvalue weighted by Gasteiger charge is -2.26. The molecule has 198 valence electrons. The maximum atomic E-state index is 6.53. The minimum Gasteiger partial charge on any atom is -0.456 e. The van der Waals surface area contributed by atoms with E-state index in [0.717, 1.165) is 39.0 Å². The summed E-state index contributed by atoms with van der Waals surface area (Å²) in [6, 6.07) is 57.8. The van der Waals surface area contributed by atoms with Crippen LogP contribution in [0.1, 0.15) is 0 Å². The zero-order chi connectivity index (χ0) is 27.9. The van der Waals surface area contributed by atoms with Crippen molar-refractivity contribution in [1.29, 1.82) is 0 Å². The largest absolute Gasteiger partial charge is 0.456 e. The molecule has 0 atom stereocenters. The number of furan rings is 1. The number of hydrogen-bond acceptors (Lipinski definition) is 2. The highest BCUT2D eigenvalue weighted by atomic mass is 16.3. The van der Waals surface area contributed by atoms with Gasteiger partial charge in [-0.25, -0.2) is 0 Å². The fourth-order valence-corrected chi connectivity index (χ4v) is 6.10. The van der Waals surface area contributed by atoms with Crippen molar-refractivity contribution in [2.24, 2.45) is 0 Å². The van der Waals surface area contributed by atoms with Crippen LogP contribution in [0.25, 0.3) is 55.0 Å². The molecular formula is C40H27NO. The topological polar surface area (TPSA) is 16.4 Å². The van der Waals surface area contributed by atoms with E-state index in [4.69, 9.17) is 4.42 Å². The van der Waals surface area contributed by atoms with Crippen molar-refractivity contribution in [3.63, 3.8) is 0 Å². The Hall–Kier alpha value is -5.60. The molecule has 0 aliphatic heterocycles. The molecule has 8 rings (SSSR count). The number of nitrogens with zero attached hydrogens (tertiary/aromatic N) is 1. The van der Waals surface area contributed by atoms with Gasteiger partial charge in [0.2, 0.25) is 0 Å². The average Bonchev–Trinajstić information content (AvgIpc) is 3.44. The third-order valence-electron chi connectivity index (χ3n) is 8.03. The van der Waals surface area contributed by atoms with Gasteiger partial charge in [0.15, 0.2) is 0 Å². The summed E-state index contributed by atoms with van der Waals surface area (Å²) in [6.07, 6.45) is 0. The summed E-state index contributed by atoms with van der Waals surface area (Å²) in [6.45, 7) is 0. The second-order valence-corrected chi connectivity index (χ2v) is 10.6. The van der Waals surface area contributed by atoms with Crippen LogP contribution in [0.4, 0.5) is 17.1 Å². The van der Waals surface area contributed by atoms with Crippen LogP contribution in [-0.4, -0.2) is 0 Å². The summed E-state index contributed by atoms with van der Waals surface area (Å²) < 4.78 is 6.53. The van der Waals surface area contributed by atoms with Crippen LogP contribution in [0.15, 0.2) is 168 Å². The normalized spacial score (nSPS) is 11.3. The Bertz CT molecular complexity index is 2180. The summed E-state index contributed by atoms with van der Waals surface area (Å²) in [7, 11) is 0. The smallest absolute Gasteiger partial charge is 0.136 e. The highest BCUT2D eigenvalue weighted by Crippen LogP contribution is 2.43. The van der Waals surface area contributed by atoms with Gasteiger partial charge in [-0.1, -0.05) is 115 Å². The van der Waals surface area contributed by atoms with Gasteiger partial charge in [0.1, 0.15) is 11.2 Å². The molecule has 0 N–H and O–H groups in total. The van der Waals surface area contributed by atoms with Crippen LogP contribution in [0.3, 0.4) is 0 Å². The molecule has 0 saturated carbocycles. The first-order chi connectivity index (χ1) is 20.8. The lowest BCUT2D eigenvalue weighted by atomic mass is 9.95. The molecule has 0 radical (unpaired) electrons. The van der Waals surface area contributed by atoms with E-state index in [0.29, 0.717) is 0 Å². The minimum atomic E-state index is 0.884. The van der Waals surface area contributed by atoms with Crippen molar-refractivity contribution < 1.29 is 4.42 Å². The molecular weight excluding hydrogens is 510 g/mol.